The molecule has 2 nitrogen and oxygen atoms in total. The van der Waals surface area contributed by atoms with Crippen LogP contribution in [0.15, 0.2) is 48.5 Å². The maximum atomic E-state index is 5.64. The van der Waals surface area contributed by atoms with E-state index in [0.717, 1.165) is 16.8 Å². The van der Waals surface area contributed by atoms with E-state index >= 15 is 0 Å². The molecule has 0 heterocycles. The second kappa shape index (κ2) is 5.85. The zero-order valence-electron chi connectivity index (χ0n) is 11.2. The van der Waals surface area contributed by atoms with Gasteiger partial charge in [0.15, 0.2) is 0 Å². The number of rotatable bonds is 4. The summed E-state index contributed by atoms with van der Waals surface area (Å²) >= 11 is 4.99. The van der Waals surface area contributed by atoms with Gasteiger partial charge in [-0.2, -0.15) is 0 Å². The van der Waals surface area contributed by atoms with Crippen LogP contribution in [0.3, 0.4) is 0 Å². The minimum atomic E-state index is 0.260. The van der Waals surface area contributed by atoms with Crippen LogP contribution in [-0.2, 0) is 0 Å². The van der Waals surface area contributed by atoms with Crippen molar-refractivity contribution in [1.82, 2.24) is 0 Å². The Morgan fingerprint density at radius 3 is 2.42 bits per heavy atom. The molecule has 3 heteroatoms. The molecule has 98 valence electrons. The molecule has 3 N–H and O–H groups in total. The van der Waals surface area contributed by atoms with E-state index in [1.807, 2.05) is 24.3 Å². The number of thiocarbonyl (C=S) groups is 1. The summed E-state index contributed by atoms with van der Waals surface area (Å²) in [5.41, 5.74) is 10.1. The molecule has 0 fully saturated rings. The number of hydrogen-bond donors (Lipinski definition) is 2. The monoisotopic (exact) mass is 270 g/mol. The molecule has 0 aliphatic rings. The summed E-state index contributed by atoms with van der Waals surface area (Å²) < 4.78 is 0. The average molecular weight is 270 g/mol. The molecule has 0 amide bonds. The fraction of sp³-hybridized carbons (Fsp3) is 0.188. The molecule has 0 radical (unpaired) electrons. The second-order valence-electron chi connectivity index (χ2n) is 4.67. The Balaban J connectivity index is 2.18. The highest BCUT2D eigenvalue weighted by atomic mass is 32.1. The third kappa shape index (κ3) is 3.32. The van der Waals surface area contributed by atoms with Crippen molar-refractivity contribution in [2.75, 3.05) is 5.32 Å². The molecular weight excluding hydrogens is 252 g/mol. The maximum absolute atomic E-state index is 5.64. The fourth-order valence-corrected chi connectivity index (χ4v) is 2.16. The predicted octanol–water partition coefficient (Wildman–Crippen LogP) is 3.80. The van der Waals surface area contributed by atoms with Gasteiger partial charge < -0.3 is 11.1 Å². The van der Waals surface area contributed by atoms with Gasteiger partial charge in [-0.25, -0.2) is 0 Å². The highest BCUT2D eigenvalue weighted by molar-refractivity contribution is 7.80. The summed E-state index contributed by atoms with van der Waals surface area (Å²) in [4.78, 5) is 0.436. The van der Waals surface area contributed by atoms with Crippen LogP contribution < -0.4 is 11.1 Å². The van der Waals surface area contributed by atoms with Gasteiger partial charge in [-0.15, -0.1) is 0 Å². The van der Waals surface area contributed by atoms with E-state index in [-0.39, 0.29) is 6.04 Å². The van der Waals surface area contributed by atoms with Gasteiger partial charge in [-0.1, -0.05) is 42.5 Å². The molecule has 0 bridgehead atoms. The molecule has 0 saturated heterocycles. The van der Waals surface area contributed by atoms with E-state index in [0.29, 0.717) is 4.99 Å². The molecule has 1 unspecified atom stereocenters. The quantitative estimate of drug-likeness (QED) is 0.830. The fourth-order valence-electron chi connectivity index (χ4n) is 2.04. The Morgan fingerprint density at radius 1 is 1.16 bits per heavy atom. The Bertz CT molecular complexity index is 579. The maximum Gasteiger partial charge on any atom is 0.103 e. The highest BCUT2D eigenvalue weighted by Gasteiger charge is 2.07. The molecule has 19 heavy (non-hydrogen) atoms. The summed E-state index contributed by atoms with van der Waals surface area (Å²) in [6, 6.07) is 16.6. The lowest BCUT2D eigenvalue weighted by atomic mass is 10.1. The van der Waals surface area contributed by atoms with Crippen molar-refractivity contribution in [1.29, 1.82) is 0 Å². The van der Waals surface area contributed by atoms with Crippen LogP contribution in [0.4, 0.5) is 5.69 Å². The van der Waals surface area contributed by atoms with Gasteiger partial charge in [0.25, 0.3) is 0 Å². The van der Waals surface area contributed by atoms with Crippen molar-refractivity contribution < 1.29 is 0 Å². The summed E-state index contributed by atoms with van der Waals surface area (Å²) in [5.74, 6) is 0. The molecule has 0 aliphatic carbocycles. The summed E-state index contributed by atoms with van der Waals surface area (Å²) in [6.07, 6.45) is 0. The second-order valence-corrected chi connectivity index (χ2v) is 5.11. The largest absolute Gasteiger partial charge is 0.389 e. The van der Waals surface area contributed by atoms with Crippen LogP contribution in [0.2, 0.25) is 0 Å². The molecule has 0 saturated carbocycles. The van der Waals surface area contributed by atoms with Crippen LogP contribution in [-0.4, -0.2) is 4.99 Å². The van der Waals surface area contributed by atoms with E-state index in [1.54, 1.807) is 0 Å². The standard InChI is InChI=1S/C16H18N2S/c1-11-10-14(16(17)19)8-9-15(11)18-12(2)13-6-4-3-5-7-13/h3-10,12,18H,1-2H3,(H2,17,19). The third-order valence-electron chi connectivity index (χ3n) is 3.18. The zero-order valence-corrected chi connectivity index (χ0v) is 12.0. The molecule has 0 aromatic heterocycles. The van der Waals surface area contributed by atoms with Crippen LogP contribution in [0.5, 0.6) is 0 Å². The number of benzene rings is 2. The van der Waals surface area contributed by atoms with Crippen molar-refractivity contribution >= 4 is 22.9 Å². The first kappa shape index (κ1) is 13.6. The van der Waals surface area contributed by atoms with Gasteiger partial charge in [0.05, 0.1) is 0 Å². The minimum Gasteiger partial charge on any atom is -0.389 e. The molecule has 2 aromatic rings. The first-order valence-corrected chi connectivity index (χ1v) is 6.70. The van der Waals surface area contributed by atoms with Crippen molar-refractivity contribution in [3.05, 3.63) is 65.2 Å². The SMILES string of the molecule is Cc1cc(C(N)=S)ccc1NC(C)c1ccccc1. The topological polar surface area (TPSA) is 38.0 Å². The normalized spacial score (nSPS) is 11.9. The van der Waals surface area contributed by atoms with E-state index in [2.05, 4.69) is 43.4 Å². The summed E-state index contributed by atoms with van der Waals surface area (Å²) in [6.45, 7) is 4.21. The van der Waals surface area contributed by atoms with Gasteiger partial charge in [0.1, 0.15) is 4.99 Å². The van der Waals surface area contributed by atoms with Crippen LogP contribution in [0.25, 0.3) is 0 Å². The van der Waals surface area contributed by atoms with Gasteiger partial charge in [0, 0.05) is 17.3 Å². The van der Waals surface area contributed by atoms with Crippen molar-refractivity contribution in [3.63, 3.8) is 0 Å². The molecule has 0 spiro atoms. The van der Waals surface area contributed by atoms with Gasteiger partial charge in [-0.05, 0) is 43.2 Å². The first-order valence-electron chi connectivity index (χ1n) is 6.30. The number of hydrogen-bond acceptors (Lipinski definition) is 2. The lowest BCUT2D eigenvalue weighted by Gasteiger charge is -2.18. The number of nitrogens with one attached hydrogen (secondary N) is 1. The zero-order chi connectivity index (χ0) is 13.8. The molecule has 0 aliphatic heterocycles. The van der Waals surface area contributed by atoms with Gasteiger partial charge in [0.2, 0.25) is 0 Å². The van der Waals surface area contributed by atoms with Crippen LogP contribution in [0.1, 0.15) is 29.7 Å². The summed E-state index contributed by atoms with van der Waals surface area (Å²) in [5, 5.41) is 3.51. The number of nitrogens with two attached hydrogens (primary N) is 1. The minimum absolute atomic E-state index is 0.260. The predicted molar refractivity (Wildman–Crippen MR) is 85.5 cm³/mol. The van der Waals surface area contributed by atoms with E-state index in [4.69, 9.17) is 18.0 Å². The summed E-state index contributed by atoms with van der Waals surface area (Å²) in [7, 11) is 0. The number of anilines is 1. The molecule has 1 atom stereocenters. The van der Waals surface area contributed by atoms with Crippen LogP contribution in [0, 0.1) is 6.92 Å². The molecule has 2 aromatic carbocycles. The van der Waals surface area contributed by atoms with E-state index in [9.17, 15) is 0 Å². The molecule has 2 rings (SSSR count). The highest BCUT2D eigenvalue weighted by Crippen LogP contribution is 2.22. The molecular formula is C16H18N2S. The smallest absolute Gasteiger partial charge is 0.103 e. The Labute approximate surface area is 119 Å². The van der Waals surface area contributed by atoms with Gasteiger partial charge >= 0.3 is 0 Å². The van der Waals surface area contributed by atoms with Crippen molar-refractivity contribution in [2.24, 2.45) is 5.73 Å². The lowest BCUT2D eigenvalue weighted by molar-refractivity contribution is 0.882. The first-order chi connectivity index (χ1) is 9.08. The van der Waals surface area contributed by atoms with E-state index < -0.39 is 0 Å². The number of aryl methyl sites for hydroxylation is 1. The van der Waals surface area contributed by atoms with Crippen LogP contribution >= 0.6 is 12.2 Å². The van der Waals surface area contributed by atoms with Crippen molar-refractivity contribution in [2.45, 2.75) is 19.9 Å². The van der Waals surface area contributed by atoms with Gasteiger partial charge in [-0.3, -0.25) is 0 Å². The van der Waals surface area contributed by atoms with E-state index in [1.165, 1.54) is 5.56 Å². The van der Waals surface area contributed by atoms with Crippen molar-refractivity contribution in [3.8, 4) is 0 Å². The Kier molecular flexibility index (Phi) is 4.17. The Hall–Kier alpha value is -1.87. The third-order valence-corrected chi connectivity index (χ3v) is 3.42. The lowest BCUT2D eigenvalue weighted by Crippen LogP contribution is -2.11. The Morgan fingerprint density at radius 2 is 1.84 bits per heavy atom. The average Bonchev–Trinajstić information content (AvgIpc) is 2.41.